The van der Waals surface area contributed by atoms with Crippen LogP contribution in [0.4, 0.5) is 0 Å². The Bertz CT molecular complexity index is 1760. The largest absolute Gasteiger partial charge is 0.472 e. The summed E-state index contributed by atoms with van der Waals surface area (Å²) in [6, 6.07) is 0. The molecule has 17 nitrogen and oxygen atoms in total. The van der Waals surface area contributed by atoms with Crippen molar-refractivity contribution in [3.05, 3.63) is 0 Å². The van der Waals surface area contributed by atoms with Crippen LogP contribution < -0.4 is 0 Å². The second-order valence-corrected chi connectivity index (χ2v) is 30.1. The van der Waals surface area contributed by atoms with Gasteiger partial charge in [0.15, 0.2) is 12.2 Å². The van der Waals surface area contributed by atoms with Crippen LogP contribution in [0.1, 0.15) is 344 Å². The van der Waals surface area contributed by atoms with Gasteiger partial charge in [-0.25, -0.2) is 9.13 Å². The quantitative estimate of drug-likeness (QED) is 0.0222. The van der Waals surface area contributed by atoms with Crippen LogP contribution in [0, 0.1) is 23.7 Å². The first-order valence-corrected chi connectivity index (χ1v) is 39.2. The third kappa shape index (κ3) is 64.6. The number of ether oxygens (including phenoxy) is 4. The standard InChI is InChI=1S/C70H136O17P2/c1-60(2)46-38-30-22-17-13-11-9-10-12-14-19-25-36-44-52-69(74)86-65(56-80-67(72)50-42-34-27-21-24-32-40-48-62(5)6)58-84-88(76,77)82-54-64(71)55-83-89(78,79)85-59-66(57-81-68(73)51-43-35-29-28-33-41-49-63(7)8)87-70(75)53-45-37-26-20-16-15-18-23-31-39-47-61(3)4/h60-66,71H,9-59H2,1-8H3,(H,76,77)(H,78,79)/t64?,65-,66-/m1/s1. The Labute approximate surface area is 543 Å². The van der Waals surface area contributed by atoms with Gasteiger partial charge in [0.25, 0.3) is 0 Å². The average molecular weight is 1310 g/mol. The monoisotopic (exact) mass is 1310 g/mol. The predicted molar refractivity (Wildman–Crippen MR) is 358 cm³/mol. The van der Waals surface area contributed by atoms with E-state index in [9.17, 15) is 43.2 Å². The average Bonchev–Trinajstić information content (AvgIpc) is 3.66. The van der Waals surface area contributed by atoms with E-state index in [0.29, 0.717) is 37.5 Å². The van der Waals surface area contributed by atoms with Gasteiger partial charge in [-0.3, -0.25) is 37.3 Å². The number of phosphoric ester groups is 2. The molecule has 19 heteroatoms. The molecule has 3 unspecified atom stereocenters. The first kappa shape index (κ1) is 87.1. The number of aliphatic hydroxyl groups excluding tert-OH is 1. The van der Waals surface area contributed by atoms with Crippen molar-refractivity contribution in [2.24, 2.45) is 23.7 Å². The maximum Gasteiger partial charge on any atom is 0.472 e. The SMILES string of the molecule is CC(C)CCCCCCCCCCCCCCCCC(=O)O[C@H](COC(=O)CCCCCCCCCC(C)C)COP(=O)(O)OCC(O)COP(=O)(O)OC[C@@H](COC(=O)CCCCCCCCC(C)C)OC(=O)CCCCCCCCCCCCC(C)C. The summed E-state index contributed by atoms with van der Waals surface area (Å²) in [4.78, 5) is 72.5. The number of phosphoric acid groups is 2. The number of hydrogen-bond acceptors (Lipinski definition) is 15. The second-order valence-electron chi connectivity index (χ2n) is 27.2. The van der Waals surface area contributed by atoms with Gasteiger partial charge in [0.2, 0.25) is 0 Å². The molecule has 0 aliphatic heterocycles. The first-order valence-electron chi connectivity index (χ1n) is 36.2. The van der Waals surface area contributed by atoms with E-state index in [-0.39, 0.29) is 25.7 Å². The van der Waals surface area contributed by atoms with E-state index in [1.54, 1.807) is 0 Å². The van der Waals surface area contributed by atoms with E-state index in [4.69, 9.17) is 37.0 Å². The van der Waals surface area contributed by atoms with Gasteiger partial charge in [-0.1, -0.05) is 293 Å². The fourth-order valence-corrected chi connectivity index (χ4v) is 12.1. The Hall–Kier alpha value is -1.94. The molecule has 0 aromatic heterocycles. The second kappa shape index (κ2) is 59.8. The van der Waals surface area contributed by atoms with Crippen LogP contribution in [0.3, 0.4) is 0 Å². The molecule has 89 heavy (non-hydrogen) atoms. The lowest BCUT2D eigenvalue weighted by atomic mass is 10.0. The molecule has 0 aromatic rings. The van der Waals surface area contributed by atoms with Crippen LogP contribution in [0.15, 0.2) is 0 Å². The van der Waals surface area contributed by atoms with Gasteiger partial charge >= 0.3 is 39.5 Å². The molecule has 0 rings (SSSR count). The number of aliphatic hydroxyl groups is 1. The van der Waals surface area contributed by atoms with Crippen molar-refractivity contribution >= 4 is 39.5 Å². The lowest BCUT2D eigenvalue weighted by molar-refractivity contribution is -0.161. The number of carbonyl (C=O) groups is 4. The zero-order valence-corrected chi connectivity index (χ0v) is 59.8. The molecule has 0 radical (unpaired) electrons. The van der Waals surface area contributed by atoms with E-state index < -0.39 is 97.5 Å². The van der Waals surface area contributed by atoms with Crippen molar-refractivity contribution in [3.8, 4) is 0 Å². The molecule has 0 aliphatic rings. The molecule has 0 saturated carbocycles. The predicted octanol–water partition coefficient (Wildman–Crippen LogP) is 19.7. The minimum absolute atomic E-state index is 0.104. The summed E-state index contributed by atoms with van der Waals surface area (Å²) in [7, 11) is -9.90. The maximum absolute atomic E-state index is 13.0. The highest BCUT2D eigenvalue weighted by molar-refractivity contribution is 7.47. The molecular formula is C70H136O17P2. The molecule has 0 bridgehead atoms. The van der Waals surface area contributed by atoms with E-state index >= 15 is 0 Å². The molecule has 0 aliphatic carbocycles. The van der Waals surface area contributed by atoms with Crippen LogP contribution >= 0.6 is 15.6 Å². The third-order valence-electron chi connectivity index (χ3n) is 16.1. The molecule has 0 aromatic carbocycles. The topological polar surface area (TPSA) is 237 Å². The minimum atomic E-state index is -4.95. The van der Waals surface area contributed by atoms with Gasteiger partial charge in [0.1, 0.15) is 19.3 Å². The third-order valence-corrected chi connectivity index (χ3v) is 18.0. The smallest absolute Gasteiger partial charge is 0.462 e. The molecule has 0 saturated heterocycles. The van der Waals surface area contributed by atoms with Crippen LogP contribution in [-0.2, 0) is 65.4 Å². The normalized spacial score (nSPS) is 14.3. The van der Waals surface area contributed by atoms with Crippen LogP contribution in [-0.4, -0.2) is 96.7 Å². The summed E-state index contributed by atoms with van der Waals surface area (Å²) in [6.07, 6.45) is 41.9. The van der Waals surface area contributed by atoms with Crippen molar-refractivity contribution in [2.45, 2.75) is 363 Å². The highest BCUT2D eigenvalue weighted by Crippen LogP contribution is 2.45. The summed E-state index contributed by atoms with van der Waals surface area (Å²) in [5, 5.41) is 10.6. The summed E-state index contributed by atoms with van der Waals surface area (Å²) in [5.41, 5.74) is 0. The van der Waals surface area contributed by atoms with Crippen molar-refractivity contribution < 1.29 is 80.2 Å². The molecule has 0 fully saturated rings. The summed E-state index contributed by atoms with van der Waals surface area (Å²) < 4.78 is 68.2. The Morgan fingerprint density at radius 2 is 0.472 bits per heavy atom. The molecule has 0 spiro atoms. The van der Waals surface area contributed by atoms with Crippen molar-refractivity contribution in [3.63, 3.8) is 0 Å². The summed E-state index contributed by atoms with van der Waals surface area (Å²) >= 11 is 0. The lowest BCUT2D eigenvalue weighted by Crippen LogP contribution is -2.30. The zero-order chi connectivity index (χ0) is 66.1. The number of unbranched alkanes of at least 4 members (excludes halogenated alkanes) is 33. The molecule has 5 atom stereocenters. The van der Waals surface area contributed by atoms with E-state index in [2.05, 4.69) is 55.4 Å². The van der Waals surface area contributed by atoms with Crippen molar-refractivity contribution in [1.29, 1.82) is 0 Å². The Morgan fingerprint density at radius 3 is 0.697 bits per heavy atom. The van der Waals surface area contributed by atoms with Gasteiger partial charge in [-0.05, 0) is 49.4 Å². The first-order chi connectivity index (χ1) is 42.6. The maximum atomic E-state index is 13.0. The van der Waals surface area contributed by atoms with Crippen LogP contribution in [0.5, 0.6) is 0 Å². The fraction of sp³-hybridized carbons (Fsp3) is 0.943. The van der Waals surface area contributed by atoms with Crippen LogP contribution in [0.2, 0.25) is 0 Å². The molecule has 0 amide bonds. The van der Waals surface area contributed by atoms with E-state index in [0.717, 1.165) is 115 Å². The highest BCUT2D eigenvalue weighted by atomic mass is 31.2. The minimum Gasteiger partial charge on any atom is -0.462 e. The van der Waals surface area contributed by atoms with Crippen molar-refractivity contribution in [1.82, 2.24) is 0 Å². The Balaban J connectivity index is 5.22. The molecule has 3 N–H and O–H groups in total. The number of hydrogen-bond donors (Lipinski definition) is 3. The lowest BCUT2D eigenvalue weighted by Gasteiger charge is -2.21. The highest BCUT2D eigenvalue weighted by Gasteiger charge is 2.30. The number of rotatable bonds is 67. The molecular weight excluding hydrogens is 1170 g/mol. The number of esters is 4. The van der Waals surface area contributed by atoms with Gasteiger partial charge in [0.05, 0.1) is 26.4 Å². The Morgan fingerprint density at radius 1 is 0.281 bits per heavy atom. The fourth-order valence-electron chi connectivity index (χ4n) is 10.5. The summed E-state index contributed by atoms with van der Waals surface area (Å²) in [5.74, 6) is 0.800. The Kier molecular flexibility index (Phi) is 58.5. The zero-order valence-electron chi connectivity index (χ0n) is 58.1. The summed E-state index contributed by atoms with van der Waals surface area (Å²) in [6.45, 7) is 14.0. The van der Waals surface area contributed by atoms with Gasteiger partial charge < -0.3 is 33.8 Å². The van der Waals surface area contributed by atoms with E-state index in [1.165, 1.54) is 135 Å². The van der Waals surface area contributed by atoms with Crippen LogP contribution in [0.25, 0.3) is 0 Å². The van der Waals surface area contributed by atoms with Gasteiger partial charge in [-0.2, -0.15) is 0 Å². The number of carbonyl (C=O) groups excluding carboxylic acids is 4. The van der Waals surface area contributed by atoms with Crippen molar-refractivity contribution in [2.75, 3.05) is 39.6 Å². The van der Waals surface area contributed by atoms with Gasteiger partial charge in [-0.15, -0.1) is 0 Å². The molecule has 528 valence electrons. The molecule has 0 heterocycles. The van der Waals surface area contributed by atoms with Gasteiger partial charge in [0, 0.05) is 25.7 Å². The van der Waals surface area contributed by atoms with E-state index in [1.807, 2.05) is 0 Å².